The van der Waals surface area contributed by atoms with E-state index in [0.717, 1.165) is 5.56 Å². The highest BCUT2D eigenvalue weighted by Gasteiger charge is 2.00. The molecular formula is C9H9N3O. The molecule has 0 radical (unpaired) electrons. The van der Waals surface area contributed by atoms with E-state index in [1.54, 1.807) is 0 Å². The van der Waals surface area contributed by atoms with Gasteiger partial charge in [0.1, 0.15) is 0 Å². The molecule has 0 unspecified atom stereocenters. The minimum Gasteiger partial charge on any atom is -0.289 e. The van der Waals surface area contributed by atoms with Crippen molar-refractivity contribution >= 4 is 0 Å². The maximum absolute atomic E-state index is 10.8. The van der Waals surface area contributed by atoms with Gasteiger partial charge in [-0.3, -0.25) is 4.98 Å². The van der Waals surface area contributed by atoms with Crippen LogP contribution in [0, 0.1) is 6.92 Å². The van der Waals surface area contributed by atoms with Crippen LogP contribution in [0.1, 0.15) is 5.56 Å². The van der Waals surface area contributed by atoms with Gasteiger partial charge in [-0.1, -0.05) is 29.8 Å². The summed E-state index contributed by atoms with van der Waals surface area (Å²) in [4.78, 5) is 13.3. The Morgan fingerprint density at radius 1 is 1.23 bits per heavy atom. The van der Waals surface area contributed by atoms with Gasteiger partial charge in [0, 0.05) is 5.56 Å². The molecule has 4 nitrogen and oxygen atoms in total. The van der Waals surface area contributed by atoms with Gasteiger partial charge >= 0.3 is 5.69 Å². The van der Waals surface area contributed by atoms with Crippen molar-refractivity contribution in [2.75, 3.05) is 0 Å². The molecule has 0 bridgehead atoms. The Balaban J connectivity index is 2.47. The molecule has 13 heavy (non-hydrogen) atoms. The first-order chi connectivity index (χ1) is 6.25. The molecule has 1 heterocycles. The molecule has 0 aliphatic rings. The molecule has 0 aliphatic carbocycles. The lowest BCUT2D eigenvalue weighted by atomic mass is 10.1. The highest BCUT2D eigenvalue weighted by molar-refractivity contribution is 5.54. The van der Waals surface area contributed by atoms with Crippen molar-refractivity contribution in [3.8, 4) is 11.4 Å². The Bertz CT molecular complexity index is 452. The van der Waals surface area contributed by atoms with Crippen molar-refractivity contribution in [1.29, 1.82) is 0 Å². The van der Waals surface area contributed by atoms with Gasteiger partial charge in [-0.15, -0.1) is 0 Å². The second-order valence-corrected chi connectivity index (χ2v) is 2.89. The molecule has 0 fully saturated rings. The van der Waals surface area contributed by atoms with Crippen molar-refractivity contribution < 1.29 is 0 Å². The van der Waals surface area contributed by atoms with E-state index in [-0.39, 0.29) is 5.69 Å². The van der Waals surface area contributed by atoms with Crippen molar-refractivity contribution in [3.63, 3.8) is 0 Å². The zero-order valence-electron chi connectivity index (χ0n) is 7.16. The summed E-state index contributed by atoms with van der Waals surface area (Å²) < 4.78 is 0. The molecule has 66 valence electrons. The quantitative estimate of drug-likeness (QED) is 0.681. The molecule has 0 spiro atoms. The third-order valence-corrected chi connectivity index (χ3v) is 1.83. The summed E-state index contributed by atoms with van der Waals surface area (Å²) in [7, 11) is 0. The predicted octanol–water partition coefficient (Wildman–Crippen LogP) is 1.07. The van der Waals surface area contributed by atoms with Gasteiger partial charge in [-0.2, -0.15) is 5.10 Å². The van der Waals surface area contributed by atoms with E-state index < -0.39 is 0 Å². The van der Waals surface area contributed by atoms with E-state index in [1.807, 2.05) is 31.2 Å². The first-order valence-corrected chi connectivity index (χ1v) is 3.97. The molecule has 0 aliphatic heterocycles. The second kappa shape index (κ2) is 2.90. The lowest BCUT2D eigenvalue weighted by Crippen LogP contribution is -2.00. The number of hydrogen-bond acceptors (Lipinski definition) is 2. The van der Waals surface area contributed by atoms with Gasteiger partial charge in [0.05, 0.1) is 0 Å². The number of nitrogens with zero attached hydrogens (tertiary/aromatic N) is 1. The summed E-state index contributed by atoms with van der Waals surface area (Å²) in [5.41, 5.74) is 1.81. The zero-order chi connectivity index (χ0) is 9.26. The van der Waals surface area contributed by atoms with Crippen LogP contribution in [0.4, 0.5) is 0 Å². The van der Waals surface area contributed by atoms with Gasteiger partial charge in [-0.25, -0.2) is 9.89 Å². The van der Waals surface area contributed by atoms with Crippen molar-refractivity contribution in [2.45, 2.75) is 6.92 Å². The minimum absolute atomic E-state index is 0.282. The predicted molar refractivity (Wildman–Crippen MR) is 49.4 cm³/mol. The van der Waals surface area contributed by atoms with Crippen molar-refractivity contribution in [3.05, 3.63) is 40.3 Å². The number of aryl methyl sites for hydroxylation is 1. The number of aromatic nitrogens is 3. The standard InChI is InChI=1S/C9H9N3O/c1-6-2-4-7(5-3-6)8-10-9(13)12-11-8/h2-5H,1H3,(H2,10,11,12,13). The summed E-state index contributed by atoms with van der Waals surface area (Å²) in [6, 6.07) is 7.79. The number of benzene rings is 1. The first kappa shape index (κ1) is 7.79. The van der Waals surface area contributed by atoms with Crippen molar-refractivity contribution in [1.82, 2.24) is 15.2 Å². The molecular weight excluding hydrogens is 166 g/mol. The van der Waals surface area contributed by atoms with Crippen LogP contribution >= 0.6 is 0 Å². The Hall–Kier alpha value is -1.84. The minimum atomic E-state index is -0.282. The molecule has 1 aromatic carbocycles. The van der Waals surface area contributed by atoms with E-state index >= 15 is 0 Å². The van der Waals surface area contributed by atoms with Gasteiger partial charge in [-0.05, 0) is 6.92 Å². The fraction of sp³-hybridized carbons (Fsp3) is 0.111. The molecule has 0 amide bonds. The first-order valence-electron chi connectivity index (χ1n) is 3.97. The summed E-state index contributed by atoms with van der Waals surface area (Å²) in [6.07, 6.45) is 0. The Labute approximate surface area is 74.6 Å². The molecule has 0 atom stereocenters. The average molecular weight is 175 g/mol. The third kappa shape index (κ3) is 1.51. The smallest absolute Gasteiger partial charge is 0.289 e. The van der Waals surface area contributed by atoms with Crippen LogP contribution in [0.15, 0.2) is 29.1 Å². The van der Waals surface area contributed by atoms with Crippen LogP contribution in [0.3, 0.4) is 0 Å². The maximum Gasteiger partial charge on any atom is 0.340 e. The number of aromatic amines is 2. The van der Waals surface area contributed by atoms with E-state index in [4.69, 9.17) is 0 Å². The Kier molecular flexibility index (Phi) is 1.73. The topological polar surface area (TPSA) is 61.5 Å². The Morgan fingerprint density at radius 2 is 1.92 bits per heavy atom. The SMILES string of the molecule is Cc1ccc(-c2n[nH]c(=O)[nH]2)cc1. The zero-order valence-corrected chi connectivity index (χ0v) is 7.16. The molecule has 0 saturated heterocycles. The van der Waals surface area contributed by atoms with Crippen molar-refractivity contribution in [2.24, 2.45) is 0 Å². The molecule has 2 rings (SSSR count). The maximum atomic E-state index is 10.8. The molecule has 2 N–H and O–H groups in total. The van der Waals surface area contributed by atoms with E-state index in [1.165, 1.54) is 5.56 Å². The fourth-order valence-corrected chi connectivity index (χ4v) is 1.12. The summed E-state index contributed by atoms with van der Waals surface area (Å²) >= 11 is 0. The third-order valence-electron chi connectivity index (χ3n) is 1.83. The van der Waals surface area contributed by atoms with Gasteiger partial charge < -0.3 is 0 Å². The van der Waals surface area contributed by atoms with E-state index in [9.17, 15) is 4.79 Å². The van der Waals surface area contributed by atoms with Crippen LogP contribution < -0.4 is 5.69 Å². The molecule has 4 heteroatoms. The average Bonchev–Trinajstić information content (AvgIpc) is 2.53. The van der Waals surface area contributed by atoms with Crippen LogP contribution in [-0.2, 0) is 0 Å². The van der Waals surface area contributed by atoms with E-state index in [2.05, 4.69) is 15.2 Å². The number of rotatable bonds is 1. The fourth-order valence-electron chi connectivity index (χ4n) is 1.12. The second-order valence-electron chi connectivity index (χ2n) is 2.89. The van der Waals surface area contributed by atoms with Crippen LogP contribution in [-0.4, -0.2) is 15.2 Å². The van der Waals surface area contributed by atoms with Gasteiger partial charge in [0.15, 0.2) is 5.82 Å². The number of hydrogen-bond donors (Lipinski definition) is 2. The number of nitrogens with one attached hydrogen (secondary N) is 2. The molecule has 2 aromatic rings. The summed E-state index contributed by atoms with van der Waals surface area (Å²) in [6.45, 7) is 2.01. The monoisotopic (exact) mass is 175 g/mol. The molecule has 0 saturated carbocycles. The lowest BCUT2D eigenvalue weighted by Gasteiger charge is -1.95. The molecule has 1 aromatic heterocycles. The van der Waals surface area contributed by atoms with E-state index in [0.29, 0.717) is 5.82 Å². The highest BCUT2D eigenvalue weighted by atomic mass is 16.1. The highest BCUT2D eigenvalue weighted by Crippen LogP contribution is 2.12. The summed E-state index contributed by atoms with van der Waals surface area (Å²) in [5.74, 6) is 0.574. The normalized spacial score (nSPS) is 10.2. The lowest BCUT2D eigenvalue weighted by molar-refractivity contribution is 1.05. The van der Waals surface area contributed by atoms with Crippen LogP contribution in [0.5, 0.6) is 0 Å². The van der Waals surface area contributed by atoms with Crippen LogP contribution in [0.2, 0.25) is 0 Å². The number of H-pyrrole nitrogens is 2. The van der Waals surface area contributed by atoms with Crippen LogP contribution in [0.25, 0.3) is 11.4 Å². The summed E-state index contributed by atoms with van der Waals surface area (Å²) in [5, 5.41) is 6.14. The van der Waals surface area contributed by atoms with Gasteiger partial charge in [0.25, 0.3) is 0 Å². The Morgan fingerprint density at radius 3 is 2.46 bits per heavy atom. The largest absolute Gasteiger partial charge is 0.340 e. The van der Waals surface area contributed by atoms with Gasteiger partial charge in [0.2, 0.25) is 0 Å².